The standard InChI is InChI=1S/C20H28N2O4/c1-3-5-16-6-8-18(9-7-16)26-15-19(23)21-17-10-12-22(13-11-17)20(24)25-14-4-2/h4,6-9,17H,2-3,5,10-15H2,1H3,(H,21,23). The lowest BCUT2D eigenvalue weighted by atomic mass is 10.1. The Morgan fingerprint density at radius 2 is 1.96 bits per heavy atom. The van der Waals surface area contributed by atoms with E-state index in [-0.39, 0.29) is 31.3 Å². The number of ether oxygens (including phenoxy) is 2. The molecule has 2 amide bonds. The lowest BCUT2D eigenvalue weighted by Crippen LogP contribution is -2.47. The van der Waals surface area contributed by atoms with Gasteiger partial charge in [-0.25, -0.2) is 4.79 Å². The van der Waals surface area contributed by atoms with Crippen molar-refractivity contribution in [2.75, 3.05) is 26.3 Å². The Morgan fingerprint density at radius 3 is 2.58 bits per heavy atom. The highest BCUT2D eigenvalue weighted by atomic mass is 16.6. The van der Waals surface area contributed by atoms with Crippen LogP contribution in [0.4, 0.5) is 4.79 Å². The molecule has 1 aliphatic heterocycles. The van der Waals surface area contributed by atoms with Crippen LogP contribution >= 0.6 is 0 Å². The molecule has 1 heterocycles. The predicted octanol–water partition coefficient (Wildman–Crippen LogP) is 2.92. The molecule has 0 radical (unpaired) electrons. The third-order valence-electron chi connectivity index (χ3n) is 4.27. The first-order valence-electron chi connectivity index (χ1n) is 9.16. The molecule has 1 saturated heterocycles. The highest BCUT2D eigenvalue weighted by Gasteiger charge is 2.24. The summed E-state index contributed by atoms with van der Waals surface area (Å²) in [7, 11) is 0. The SMILES string of the molecule is C=CCOC(=O)N1CCC(NC(=O)COc2ccc(CCC)cc2)CC1. The van der Waals surface area contributed by atoms with Crippen LogP contribution in [-0.2, 0) is 16.0 Å². The largest absolute Gasteiger partial charge is 0.484 e. The van der Waals surface area contributed by atoms with Crippen molar-refractivity contribution in [1.29, 1.82) is 0 Å². The molecule has 0 bridgehead atoms. The molecule has 1 aromatic rings. The van der Waals surface area contributed by atoms with Crippen molar-refractivity contribution >= 4 is 12.0 Å². The zero-order chi connectivity index (χ0) is 18.8. The Labute approximate surface area is 155 Å². The van der Waals surface area contributed by atoms with E-state index in [4.69, 9.17) is 9.47 Å². The number of piperidine rings is 1. The normalized spacial score (nSPS) is 14.6. The van der Waals surface area contributed by atoms with Gasteiger partial charge in [-0.05, 0) is 37.0 Å². The second kappa shape index (κ2) is 10.5. The quantitative estimate of drug-likeness (QED) is 0.724. The van der Waals surface area contributed by atoms with E-state index in [2.05, 4.69) is 18.8 Å². The van der Waals surface area contributed by atoms with Crippen molar-refractivity contribution in [3.05, 3.63) is 42.5 Å². The van der Waals surface area contributed by atoms with Crippen molar-refractivity contribution in [1.82, 2.24) is 10.2 Å². The fourth-order valence-electron chi connectivity index (χ4n) is 2.89. The average molecular weight is 360 g/mol. The molecule has 1 aromatic carbocycles. The molecule has 0 spiro atoms. The minimum absolute atomic E-state index is 0.00524. The molecule has 0 atom stereocenters. The lowest BCUT2D eigenvalue weighted by Gasteiger charge is -2.31. The number of nitrogens with zero attached hydrogens (tertiary/aromatic N) is 1. The first-order valence-corrected chi connectivity index (χ1v) is 9.16. The van der Waals surface area contributed by atoms with Crippen LogP contribution in [-0.4, -0.2) is 49.2 Å². The fraction of sp³-hybridized carbons (Fsp3) is 0.500. The Balaban J connectivity index is 1.67. The summed E-state index contributed by atoms with van der Waals surface area (Å²) < 4.78 is 10.6. The van der Waals surface area contributed by atoms with Gasteiger partial charge in [-0.1, -0.05) is 38.1 Å². The third-order valence-corrected chi connectivity index (χ3v) is 4.27. The molecule has 0 aliphatic carbocycles. The number of rotatable bonds is 8. The molecule has 2 rings (SSSR count). The van der Waals surface area contributed by atoms with Gasteiger partial charge in [0.15, 0.2) is 6.61 Å². The molecular formula is C20H28N2O4. The van der Waals surface area contributed by atoms with Crippen molar-refractivity contribution < 1.29 is 19.1 Å². The van der Waals surface area contributed by atoms with Gasteiger partial charge in [0.25, 0.3) is 5.91 Å². The van der Waals surface area contributed by atoms with Crippen molar-refractivity contribution in [3.8, 4) is 5.75 Å². The number of nitrogens with one attached hydrogen (secondary N) is 1. The fourth-order valence-corrected chi connectivity index (χ4v) is 2.89. The van der Waals surface area contributed by atoms with Crippen LogP contribution in [0.5, 0.6) is 5.75 Å². The van der Waals surface area contributed by atoms with E-state index < -0.39 is 0 Å². The lowest BCUT2D eigenvalue weighted by molar-refractivity contribution is -0.124. The second-order valence-electron chi connectivity index (χ2n) is 6.38. The molecule has 0 unspecified atom stereocenters. The van der Waals surface area contributed by atoms with Crippen LogP contribution in [0.15, 0.2) is 36.9 Å². The number of carbonyl (C=O) groups excluding carboxylic acids is 2. The summed E-state index contributed by atoms with van der Waals surface area (Å²) in [6.07, 6.45) is 4.78. The summed E-state index contributed by atoms with van der Waals surface area (Å²) in [6.45, 7) is 7.01. The number of amides is 2. The second-order valence-corrected chi connectivity index (χ2v) is 6.38. The Bertz CT molecular complexity index is 592. The van der Waals surface area contributed by atoms with Gasteiger partial charge in [0.1, 0.15) is 12.4 Å². The molecule has 6 nitrogen and oxygen atoms in total. The molecule has 0 aromatic heterocycles. The third kappa shape index (κ3) is 6.43. The van der Waals surface area contributed by atoms with Crippen LogP contribution in [0.1, 0.15) is 31.7 Å². The maximum Gasteiger partial charge on any atom is 0.410 e. The maximum atomic E-state index is 12.1. The van der Waals surface area contributed by atoms with Gasteiger partial charge in [-0.3, -0.25) is 4.79 Å². The molecule has 26 heavy (non-hydrogen) atoms. The maximum absolute atomic E-state index is 12.1. The van der Waals surface area contributed by atoms with Gasteiger partial charge >= 0.3 is 6.09 Å². The summed E-state index contributed by atoms with van der Waals surface area (Å²) in [6, 6.07) is 7.90. The van der Waals surface area contributed by atoms with Crippen LogP contribution in [0.25, 0.3) is 0 Å². The smallest absolute Gasteiger partial charge is 0.410 e. The van der Waals surface area contributed by atoms with Crippen LogP contribution in [0.2, 0.25) is 0 Å². The van der Waals surface area contributed by atoms with Crippen molar-refractivity contribution in [3.63, 3.8) is 0 Å². The van der Waals surface area contributed by atoms with E-state index in [1.165, 1.54) is 5.56 Å². The summed E-state index contributed by atoms with van der Waals surface area (Å²) in [5.74, 6) is 0.551. The van der Waals surface area contributed by atoms with Gasteiger partial charge < -0.3 is 19.7 Å². The van der Waals surface area contributed by atoms with E-state index in [9.17, 15) is 9.59 Å². The molecule has 1 N–H and O–H groups in total. The highest BCUT2D eigenvalue weighted by Crippen LogP contribution is 2.14. The highest BCUT2D eigenvalue weighted by molar-refractivity contribution is 5.78. The summed E-state index contributed by atoms with van der Waals surface area (Å²) >= 11 is 0. The topological polar surface area (TPSA) is 67.9 Å². The first-order chi connectivity index (χ1) is 12.6. The Kier molecular flexibility index (Phi) is 7.99. The van der Waals surface area contributed by atoms with E-state index in [1.54, 1.807) is 11.0 Å². The first kappa shape index (κ1) is 19.8. The number of carbonyl (C=O) groups is 2. The number of likely N-dealkylation sites (tertiary alicyclic amines) is 1. The van der Waals surface area contributed by atoms with E-state index in [1.807, 2.05) is 24.3 Å². The molecular weight excluding hydrogens is 332 g/mol. The predicted molar refractivity (Wildman–Crippen MR) is 100 cm³/mol. The van der Waals surface area contributed by atoms with Crippen molar-refractivity contribution in [2.45, 2.75) is 38.6 Å². The minimum Gasteiger partial charge on any atom is -0.484 e. The van der Waals surface area contributed by atoms with E-state index in [0.717, 1.165) is 12.8 Å². The van der Waals surface area contributed by atoms with Gasteiger partial charge in [-0.2, -0.15) is 0 Å². The Hall–Kier alpha value is -2.50. The monoisotopic (exact) mass is 360 g/mol. The number of hydrogen-bond donors (Lipinski definition) is 1. The van der Waals surface area contributed by atoms with Crippen LogP contribution in [0.3, 0.4) is 0 Å². The van der Waals surface area contributed by atoms with E-state index >= 15 is 0 Å². The molecule has 1 fully saturated rings. The number of aryl methyl sites for hydroxylation is 1. The summed E-state index contributed by atoms with van der Waals surface area (Å²) in [4.78, 5) is 25.5. The molecule has 142 valence electrons. The van der Waals surface area contributed by atoms with Gasteiger partial charge in [0, 0.05) is 19.1 Å². The number of hydrogen-bond acceptors (Lipinski definition) is 4. The zero-order valence-corrected chi connectivity index (χ0v) is 15.4. The molecule has 6 heteroatoms. The zero-order valence-electron chi connectivity index (χ0n) is 15.4. The number of benzene rings is 1. The Morgan fingerprint density at radius 1 is 1.27 bits per heavy atom. The minimum atomic E-state index is -0.329. The van der Waals surface area contributed by atoms with Crippen LogP contribution < -0.4 is 10.1 Å². The molecule has 1 aliphatic rings. The van der Waals surface area contributed by atoms with Gasteiger partial charge in [0.2, 0.25) is 0 Å². The van der Waals surface area contributed by atoms with Crippen molar-refractivity contribution in [2.24, 2.45) is 0 Å². The summed E-state index contributed by atoms with van der Waals surface area (Å²) in [5.41, 5.74) is 1.27. The van der Waals surface area contributed by atoms with E-state index in [0.29, 0.717) is 31.7 Å². The molecule has 0 saturated carbocycles. The summed E-state index contributed by atoms with van der Waals surface area (Å²) in [5, 5.41) is 2.96. The van der Waals surface area contributed by atoms with Gasteiger partial charge in [-0.15, -0.1) is 0 Å². The van der Waals surface area contributed by atoms with Gasteiger partial charge in [0.05, 0.1) is 0 Å². The van der Waals surface area contributed by atoms with Crippen LogP contribution in [0, 0.1) is 0 Å². The average Bonchev–Trinajstić information content (AvgIpc) is 2.66.